The molecule has 0 fully saturated rings. The summed E-state index contributed by atoms with van der Waals surface area (Å²) in [6.07, 6.45) is 6.10. The number of H-pyrrole nitrogens is 1. The Morgan fingerprint density at radius 2 is 2.13 bits per heavy atom. The quantitative estimate of drug-likeness (QED) is 0.626. The third-order valence-corrected chi connectivity index (χ3v) is 5.38. The van der Waals surface area contributed by atoms with Gasteiger partial charge in [0.25, 0.3) is 5.56 Å². The van der Waals surface area contributed by atoms with E-state index in [1.165, 1.54) is 18.5 Å². The molecular weight excluding hydrogens is 395 g/mol. The second kappa shape index (κ2) is 8.55. The Kier molecular flexibility index (Phi) is 5.66. The van der Waals surface area contributed by atoms with Crippen LogP contribution in [0.3, 0.4) is 0 Å². The van der Waals surface area contributed by atoms with Gasteiger partial charge in [-0.25, -0.2) is 9.37 Å². The zero-order chi connectivity index (χ0) is 22.0. The van der Waals surface area contributed by atoms with E-state index in [4.69, 9.17) is 4.52 Å². The summed E-state index contributed by atoms with van der Waals surface area (Å²) in [5.74, 6) is 0.181. The molecule has 0 amide bonds. The van der Waals surface area contributed by atoms with Crippen LogP contribution in [0.1, 0.15) is 37.1 Å². The highest BCUT2D eigenvalue weighted by Gasteiger charge is 2.25. The number of anilines is 1. The first kappa shape index (κ1) is 20.5. The van der Waals surface area contributed by atoms with Gasteiger partial charge in [0.15, 0.2) is 0 Å². The van der Waals surface area contributed by atoms with Gasteiger partial charge in [0.05, 0.1) is 5.56 Å². The second-order valence-electron chi connectivity index (χ2n) is 7.49. The molecule has 0 saturated carbocycles. The van der Waals surface area contributed by atoms with Gasteiger partial charge in [-0.2, -0.15) is 0 Å². The lowest BCUT2D eigenvalue weighted by Gasteiger charge is -2.29. The fourth-order valence-corrected chi connectivity index (χ4v) is 3.69. The third-order valence-electron chi connectivity index (χ3n) is 5.38. The van der Waals surface area contributed by atoms with E-state index in [0.717, 1.165) is 23.1 Å². The molecule has 3 heterocycles. The van der Waals surface area contributed by atoms with Crippen LogP contribution in [0.15, 0.2) is 76.0 Å². The van der Waals surface area contributed by atoms with E-state index < -0.39 is 0 Å². The summed E-state index contributed by atoms with van der Waals surface area (Å²) in [6, 6.07) is 8.54. The zero-order valence-electron chi connectivity index (χ0n) is 17.5. The summed E-state index contributed by atoms with van der Waals surface area (Å²) in [5, 5.41) is 4.10. The molecule has 1 N–H and O–H groups in total. The molecule has 3 aromatic rings. The van der Waals surface area contributed by atoms with E-state index in [2.05, 4.69) is 28.6 Å². The number of hydrogen-bond acceptors (Lipinski definition) is 5. The topological polar surface area (TPSA) is 75.0 Å². The number of benzene rings is 1. The van der Waals surface area contributed by atoms with E-state index in [1.54, 1.807) is 25.1 Å². The number of aromatic nitrogens is 3. The maximum Gasteiger partial charge on any atom is 0.259 e. The standard InChI is InChI=1S/C24H23FN4O2/c1-4-16-13-29(24-26-12-19(15(2)3)23(30)27-24)14-20(22-9-10-31-28-22)18(16)11-17-7-5-6-8-21(17)25/h5-10,12,14H,2,4,11,13H2,1,3H3,(H,26,27,30). The predicted molar refractivity (Wildman–Crippen MR) is 119 cm³/mol. The van der Waals surface area contributed by atoms with Crippen LogP contribution in [0.25, 0.3) is 11.1 Å². The first-order chi connectivity index (χ1) is 15.0. The van der Waals surface area contributed by atoms with Gasteiger partial charge in [-0.1, -0.05) is 36.9 Å². The molecule has 0 atom stereocenters. The fourth-order valence-electron chi connectivity index (χ4n) is 3.69. The van der Waals surface area contributed by atoms with Crippen molar-refractivity contribution in [3.63, 3.8) is 0 Å². The Hall–Kier alpha value is -3.74. The number of rotatable bonds is 6. The Balaban J connectivity index is 1.78. The van der Waals surface area contributed by atoms with Gasteiger partial charge < -0.3 is 9.42 Å². The largest absolute Gasteiger partial charge is 0.364 e. The summed E-state index contributed by atoms with van der Waals surface area (Å²) in [7, 11) is 0. The van der Waals surface area contributed by atoms with Crippen molar-refractivity contribution in [3.05, 3.63) is 99.7 Å². The lowest BCUT2D eigenvalue weighted by atomic mass is 9.88. The van der Waals surface area contributed by atoms with Crippen molar-refractivity contribution < 1.29 is 8.91 Å². The first-order valence-electron chi connectivity index (χ1n) is 10.1. The number of halogens is 1. The predicted octanol–water partition coefficient (Wildman–Crippen LogP) is 4.74. The summed E-state index contributed by atoms with van der Waals surface area (Å²) in [5.41, 5.74) is 5.03. The molecule has 0 aliphatic carbocycles. The monoisotopic (exact) mass is 418 g/mol. The SMILES string of the molecule is C=C(C)c1cnc(N2C=C(c3ccon3)C(Cc3ccccc3F)=C(CC)C2)[nH]c1=O. The highest BCUT2D eigenvalue weighted by Crippen LogP contribution is 2.34. The van der Waals surface area contributed by atoms with Gasteiger partial charge in [0.2, 0.25) is 5.95 Å². The van der Waals surface area contributed by atoms with E-state index in [0.29, 0.717) is 41.3 Å². The van der Waals surface area contributed by atoms with Crippen molar-refractivity contribution in [1.82, 2.24) is 15.1 Å². The molecule has 0 unspecified atom stereocenters. The molecule has 0 radical (unpaired) electrons. The molecule has 2 aromatic heterocycles. The minimum Gasteiger partial charge on any atom is -0.364 e. The fraction of sp³-hybridized carbons (Fsp3) is 0.208. The van der Waals surface area contributed by atoms with Crippen LogP contribution >= 0.6 is 0 Å². The molecule has 1 aromatic carbocycles. The van der Waals surface area contributed by atoms with Crippen molar-refractivity contribution in [2.24, 2.45) is 0 Å². The van der Waals surface area contributed by atoms with Crippen molar-refractivity contribution >= 4 is 17.1 Å². The van der Waals surface area contributed by atoms with Crippen LogP contribution < -0.4 is 10.5 Å². The van der Waals surface area contributed by atoms with Gasteiger partial charge >= 0.3 is 0 Å². The second-order valence-corrected chi connectivity index (χ2v) is 7.49. The van der Waals surface area contributed by atoms with Gasteiger partial charge in [-0.15, -0.1) is 0 Å². The van der Waals surface area contributed by atoms with Crippen molar-refractivity contribution in [1.29, 1.82) is 0 Å². The van der Waals surface area contributed by atoms with E-state index >= 15 is 0 Å². The maximum absolute atomic E-state index is 14.4. The minimum absolute atomic E-state index is 0.242. The van der Waals surface area contributed by atoms with Gasteiger partial charge in [0, 0.05) is 37.0 Å². The van der Waals surface area contributed by atoms with Crippen LogP contribution in [0.2, 0.25) is 0 Å². The molecule has 0 bridgehead atoms. The molecule has 0 saturated heterocycles. The lowest BCUT2D eigenvalue weighted by Crippen LogP contribution is -2.29. The van der Waals surface area contributed by atoms with Crippen LogP contribution in [0.4, 0.5) is 10.3 Å². The van der Waals surface area contributed by atoms with Crippen LogP contribution in [-0.2, 0) is 6.42 Å². The van der Waals surface area contributed by atoms with Gasteiger partial charge in [-0.3, -0.25) is 9.78 Å². The Morgan fingerprint density at radius 1 is 1.32 bits per heavy atom. The number of aromatic amines is 1. The summed E-state index contributed by atoms with van der Waals surface area (Å²) in [6.45, 7) is 8.16. The highest BCUT2D eigenvalue weighted by molar-refractivity contribution is 5.82. The lowest BCUT2D eigenvalue weighted by molar-refractivity contribution is 0.417. The molecule has 158 valence electrons. The molecule has 7 heteroatoms. The maximum atomic E-state index is 14.4. The number of nitrogens with one attached hydrogen (secondary N) is 1. The zero-order valence-corrected chi connectivity index (χ0v) is 17.5. The number of hydrogen-bond donors (Lipinski definition) is 1. The molecule has 31 heavy (non-hydrogen) atoms. The summed E-state index contributed by atoms with van der Waals surface area (Å²) < 4.78 is 19.5. The van der Waals surface area contributed by atoms with Crippen molar-refractivity contribution in [3.8, 4) is 0 Å². The van der Waals surface area contributed by atoms with Crippen LogP contribution in [0, 0.1) is 5.82 Å². The Bertz CT molecular complexity index is 1240. The molecule has 1 aliphatic rings. The van der Waals surface area contributed by atoms with Gasteiger partial charge in [-0.05, 0) is 41.7 Å². The number of allylic oxidation sites excluding steroid dienone is 3. The van der Waals surface area contributed by atoms with Crippen molar-refractivity contribution in [2.75, 3.05) is 11.4 Å². The Morgan fingerprint density at radius 3 is 2.77 bits per heavy atom. The highest BCUT2D eigenvalue weighted by atomic mass is 19.1. The molecule has 0 spiro atoms. The first-order valence-corrected chi connectivity index (χ1v) is 10.1. The van der Waals surface area contributed by atoms with E-state index in [-0.39, 0.29) is 11.4 Å². The molecule has 1 aliphatic heterocycles. The average molecular weight is 418 g/mol. The Labute approximate surface area is 179 Å². The average Bonchev–Trinajstić information content (AvgIpc) is 3.29. The minimum atomic E-state index is -0.243. The van der Waals surface area contributed by atoms with Crippen LogP contribution in [-0.4, -0.2) is 21.7 Å². The van der Waals surface area contributed by atoms with E-state index in [1.807, 2.05) is 17.2 Å². The molecule has 6 nitrogen and oxygen atoms in total. The summed E-state index contributed by atoms with van der Waals surface area (Å²) >= 11 is 0. The molecular formula is C24H23FN4O2. The number of nitrogens with zero attached hydrogens (tertiary/aromatic N) is 3. The smallest absolute Gasteiger partial charge is 0.259 e. The van der Waals surface area contributed by atoms with Crippen LogP contribution in [0.5, 0.6) is 0 Å². The molecule has 4 rings (SSSR count). The van der Waals surface area contributed by atoms with E-state index in [9.17, 15) is 9.18 Å². The van der Waals surface area contributed by atoms with Gasteiger partial charge in [0.1, 0.15) is 17.8 Å². The third kappa shape index (κ3) is 4.12. The normalized spacial score (nSPS) is 14.0. The van der Waals surface area contributed by atoms with Crippen molar-refractivity contribution in [2.45, 2.75) is 26.7 Å². The summed E-state index contributed by atoms with van der Waals surface area (Å²) in [4.78, 5) is 21.6.